The predicted molar refractivity (Wildman–Crippen MR) is 104 cm³/mol. The molecule has 0 bridgehead atoms. The van der Waals surface area contributed by atoms with Gasteiger partial charge in [0.15, 0.2) is 0 Å². The van der Waals surface area contributed by atoms with E-state index in [1.807, 2.05) is 31.2 Å². The van der Waals surface area contributed by atoms with E-state index in [9.17, 15) is 13.2 Å². The van der Waals surface area contributed by atoms with E-state index < -0.39 is 15.9 Å². The summed E-state index contributed by atoms with van der Waals surface area (Å²) in [6.07, 6.45) is 1.50. The molecule has 0 aliphatic rings. The highest BCUT2D eigenvalue weighted by Crippen LogP contribution is 2.23. The van der Waals surface area contributed by atoms with E-state index in [0.717, 1.165) is 15.4 Å². The lowest BCUT2D eigenvalue weighted by Gasteiger charge is -2.17. The zero-order valence-electron chi connectivity index (χ0n) is 15.8. The van der Waals surface area contributed by atoms with Gasteiger partial charge in [0.25, 0.3) is 5.91 Å². The van der Waals surface area contributed by atoms with Crippen molar-refractivity contribution in [2.45, 2.75) is 18.7 Å². The topological polar surface area (TPSA) is 88.1 Å². The number of hydrogen-bond acceptors (Lipinski definition) is 5. The third-order valence-electron chi connectivity index (χ3n) is 3.92. The highest BCUT2D eigenvalue weighted by Gasteiger charge is 2.23. The number of carbonyl (C=O) groups excluding carboxylic acids is 1. The molecule has 0 unspecified atom stereocenters. The minimum Gasteiger partial charge on any atom is -0.496 e. The highest BCUT2D eigenvalue weighted by molar-refractivity contribution is 7.89. The van der Waals surface area contributed by atoms with E-state index in [0.29, 0.717) is 11.3 Å². The molecule has 1 N–H and O–H groups in total. The maximum Gasteiger partial charge on any atom is 0.255 e. The van der Waals surface area contributed by atoms with E-state index in [2.05, 4.69) is 10.5 Å². The van der Waals surface area contributed by atoms with Crippen LogP contribution in [0.4, 0.5) is 0 Å². The van der Waals surface area contributed by atoms with Crippen LogP contribution in [0.5, 0.6) is 5.75 Å². The van der Waals surface area contributed by atoms with Crippen molar-refractivity contribution in [3.63, 3.8) is 0 Å². The van der Waals surface area contributed by atoms with Crippen molar-refractivity contribution >= 4 is 22.1 Å². The quantitative estimate of drug-likeness (QED) is 0.580. The van der Waals surface area contributed by atoms with Gasteiger partial charge in [-0.3, -0.25) is 4.79 Å². The molecule has 0 saturated carbocycles. The van der Waals surface area contributed by atoms with Gasteiger partial charge < -0.3 is 4.74 Å². The summed E-state index contributed by atoms with van der Waals surface area (Å²) >= 11 is 0. The van der Waals surface area contributed by atoms with E-state index in [-0.39, 0.29) is 11.4 Å². The molecule has 7 nitrogen and oxygen atoms in total. The molecular weight excluding hydrogens is 366 g/mol. The number of nitrogens with one attached hydrogen (secondary N) is 1. The largest absolute Gasteiger partial charge is 0.496 e. The van der Waals surface area contributed by atoms with E-state index in [4.69, 9.17) is 4.74 Å². The van der Waals surface area contributed by atoms with E-state index in [1.54, 1.807) is 13.0 Å². The summed E-state index contributed by atoms with van der Waals surface area (Å²) in [5.41, 5.74) is 4.98. The summed E-state index contributed by atoms with van der Waals surface area (Å²) in [6, 6.07) is 12.1. The van der Waals surface area contributed by atoms with Crippen LogP contribution in [0.25, 0.3) is 0 Å². The van der Waals surface area contributed by atoms with Gasteiger partial charge in [0, 0.05) is 7.05 Å². The van der Waals surface area contributed by atoms with Gasteiger partial charge in [-0.15, -0.1) is 0 Å². The van der Waals surface area contributed by atoms with Crippen molar-refractivity contribution in [2.75, 3.05) is 20.7 Å². The van der Waals surface area contributed by atoms with Gasteiger partial charge in [-0.05, 0) is 43.2 Å². The SMILES string of the molecule is COc1ccc(S(=O)(=O)N(C)CC(=O)N/N=C/c2ccc(C)cc2)cc1C. The molecular formula is C19H23N3O4S. The van der Waals surface area contributed by atoms with Gasteiger partial charge in [-0.1, -0.05) is 29.8 Å². The van der Waals surface area contributed by atoms with E-state index in [1.165, 1.54) is 32.5 Å². The van der Waals surface area contributed by atoms with Crippen LogP contribution in [0.3, 0.4) is 0 Å². The summed E-state index contributed by atoms with van der Waals surface area (Å²) in [7, 11) is -0.935. The second-order valence-corrected chi connectivity index (χ2v) is 8.14. The number of ether oxygens (including phenoxy) is 1. The molecule has 2 aromatic rings. The van der Waals surface area contributed by atoms with Crippen molar-refractivity contribution in [3.05, 3.63) is 59.2 Å². The summed E-state index contributed by atoms with van der Waals surface area (Å²) in [6.45, 7) is 3.38. The molecule has 0 heterocycles. The lowest BCUT2D eigenvalue weighted by atomic mass is 10.2. The molecule has 0 aliphatic carbocycles. The van der Waals surface area contributed by atoms with Crippen LogP contribution >= 0.6 is 0 Å². The number of nitrogens with zero attached hydrogens (tertiary/aromatic N) is 2. The molecule has 2 rings (SSSR count). The number of carbonyl (C=O) groups is 1. The standard InChI is InChI=1S/C19H23N3O4S/c1-14-5-7-16(8-6-14)12-20-21-19(23)13-22(3)27(24,25)17-9-10-18(26-4)15(2)11-17/h5-12H,13H2,1-4H3,(H,21,23)/b20-12+. The Kier molecular flexibility index (Phi) is 6.70. The van der Waals surface area contributed by atoms with Crippen molar-refractivity contribution in [2.24, 2.45) is 5.10 Å². The van der Waals surface area contributed by atoms with Crippen LogP contribution in [0.1, 0.15) is 16.7 Å². The first-order valence-electron chi connectivity index (χ1n) is 8.23. The van der Waals surface area contributed by atoms with Crippen molar-refractivity contribution < 1.29 is 17.9 Å². The van der Waals surface area contributed by atoms with Gasteiger partial charge in [-0.25, -0.2) is 13.8 Å². The van der Waals surface area contributed by atoms with Crippen LogP contribution in [0, 0.1) is 13.8 Å². The fourth-order valence-corrected chi connectivity index (χ4v) is 3.56. The summed E-state index contributed by atoms with van der Waals surface area (Å²) < 4.78 is 31.3. The average molecular weight is 389 g/mol. The van der Waals surface area contributed by atoms with Crippen LogP contribution in [-0.2, 0) is 14.8 Å². The first-order chi connectivity index (χ1) is 12.7. The van der Waals surface area contributed by atoms with Gasteiger partial charge in [0.1, 0.15) is 5.75 Å². The Morgan fingerprint density at radius 2 is 1.85 bits per heavy atom. The van der Waals surface area contributed by atoms with Crippen LogP contribution < -0.4 is 10.2 Å². The van der Waals surface area contributed by atoms with Crippen LogP contribution in [-0.4, -0.2) is 45.5 Å². The normalized spacial score (nSPS) is 11.7. The molecule has 0 saturated heterocycles. The number of rotatable bonds is 7. The maximum absolute atomic E-state index is 12.6. The highest BCUT2D eigenvalue weighted by atomic mass is 32.2. The van der Waals surface area contributed by atoms with Gasteiger partial charge in [0.2, 0.25) is 10.0 Å². The molecule has 0 atom stereocenters. The molecule has 144 valence electrons. The Morgan fingerprint density at radius 1 is 1.19 bits per heavy atom. The van der Waals surface area contributed by atoms with Crippen LogP contribution in [0.15, 0.2) is 52.5 Å². The second-order valence-electron chi connectivity index (χ2n) is 6.10. The minimum absolute atomic E-state index is 0.0965. The van der Waals surface area contributed by atoms with Gasteiger partial charge in [-0.2, -0.15) is 9.41 Å². The monoisotopic (exact) mass is 389 g/mol. The number of likely N-dealkylation sites (N-methyl/N-ethyl adjacent to an activating group) is 1. The smallest absolute Gasteiger partial charge is 0.255 e. The molecule has 0 aromatic heterocycles. The average Bonchev–Trinajstić information content (AvgIpc) is 2.63. The predicted octanol–water partition coefficient (Wildman–Crippen LogP) is 2.08. The molecule has 8 heteroatoms. The number of hydrazone groups is 1. The van der Waals surface area contributed by atoms with Crippen molar-refractivity contribution in [1.82, 2.24) is 9.73 Å². The number of methoxy groups -OCH3 is 1. The first kappa shape index (κ1) is 20.6. The Bertz CT molecular complexity index is 938. The van der Waals surface area contributed by atoms with Gasteiger partial charge >= 0.3 is 0 Å². The lowest BCUT2D eigenvalue weighted by molar-refractivity contribution is -0.121. The number of amides is 1. The number of benzene rings is 2. The molecule has 0 aliphatic heterocycles. The molecule has 2 aromatic carbocycles. The van der Waals surface area contributed by atoms with Gasteiger partial charge in [0.05, 0.1) is 24.8 Å². The fraction of sp³-hybridized carbons (Fsp3) is 0.263. The summed E-state index contributed by atoms with van der Waals surface area (Å²) in [5, 5.41) is 3.85. The summed E-state index contributed by atoms with van der Waals surface area (Å²) in [4.78, 5) is 12.1. The first-order valence-corrected chi connectivity index (χ1v) is 9.67. The number of hydrogen-bond donors (Lipinski definition) is 1. The minimum atomic E-state index is -3.80. The third-order valence-corrected chi connectivity index (χ3v) is 5.72. The number of aryl methyl sites for hydroxylation is 2. The molecule has 0 spiro atoms. The second kappa shape index (κ2) is 8.79. The lowest BCUT2D eigenvalue weighted by Crippen LogP contribution is -2.36. The van der Waals surface area contributed by atoms with Crippen molar-refractivity contribution in [1.29, 1.82) is 0 Å². The molecule has 1 amide bonds. The maximum atomic E-state index is 12.6. The Balaban J connectivity index is 2.00. The molecule has 27 heavy (non-hydrogen) atoms. The zero-order chi connectivity index (χ0) is 20.0. The molecule has 0 fully saturated rings. The fourth-order valence-electron chi connectivity index (χ4n) is 2.35. The molecule has 0 radical (unpaired) electrons. The Morgan fingerprint density at radius 3 is 2.44 bits per heavy atom. The zero-order valence-corrected chi connectivity index (χ0v) is 16.6. The number of sulfonamides is 1. The summed E-state index contributed by atoms with van der Waals surface area (Å²) in [5.74, 6) is 0.0643. The Hall–Kier alpha value is -2.71. The van der Waals surface area contributed by atoms with E-state index >= 15 is 0 Å². The van der Waals surface area contributed by atoms with Crippen molar-refractivity contribution in [3.8, 4) is 5.75 Å². The van der Waals surface area contributed by atoms with Crippen LogP contribution in [0.2, 0.25) is 0 Å². The third kappa shape index (κ3) is 5.38. The Labute approximate surface area is 159 Å².